The highest BCUT2D eigenvalue weighted by atomic mass is 16.5. The van der Waals surface area contributed by atoms with Gasteiger partial charge >= 0.3 is 6.01 Å². The van der Waals surface area contributed by atoms with Gasteiger partial charge in [-0.3, -0.25) is 4.79 Å². The van der Waals surface area contributed by atoms with Crippen LogP contribution in [0.3, 0.4) is 0 Å². The maximum Gasteiger partial charge on any atom is 0.316 e. The zero-order valence-corrected chi connectivity index (χ0v) is 16.1. The second kappa shape index (κ2) is 8.69. The SMILES string of the molecule is O=C(N1CCC(COc2ncccn2)CC1)C1(c2ccccc2)CCOCC1. The van der Waals surface area contributed by atoms with Crippen LogP contribution in [0.25, 0.3) is 0 Å². The number of hydrogen-bond acceptors (Lipinski definition) is 5. The Morgan fingerprint density at radius 3 is 2.43 bits per heavy atom. The van der Waals surface area contributed by atoms with Crippen molar-refractivity contribution < 1.29 is 14.3 Å². The van der Waals surface area contributed by atoms with Crippen molar-refractivity contribution in [1.29, 1.82) is 0 Å². The minimum Gasteiger partial charge on any atom is -0.463 e. The first-order valence-corrected chi connectivity index (χ1v) is 10.1. The standard InChI is InChI=1S/C22H27N3O3/c26-20(22(9-15-27-16-10-22)19-5-2-1-3-6-19)25-13-7-18(8-14-25)17-28-21-23-11-4-12-24-21/h1-6,11-12,18H,7-10,13-17H2. The predicted octanol–water partition coefficient (Wildman–Crippen LogP) is 2.84. The van der Waals surface area contributed by atoms with Gasteiger partial charge in [0.2, 0.25) is 5.91 Å². The van der Waals surface area contributed by atoms with E-state index in [0.29, 0.717) is 31.7 Å². The Morgan fingerprint density at radius 1 is 1.07 bits per heavy atom. The molecule has 4 rings (SSSR count). The van der Waals surface area contributed by atoms with E-state index in [2.05, 4.69) is 22.1 Å². The lowest BCUT2D eigenvalue weighted by molar-refractivity contribution is -0.143. The highest BCUT2D eigenvalue weighted by molar-refractivity contribution is 5.88. The van der Waals surface area contributed by atoms with Gasteiger partial charge in [-0.25, -0.2) is 9.97 Å². The molecule has 2 aromatic rings. The highest BCUT2D eigenvalue weighted by Gasteiger charge is 2.44. The fraction of sp³-hybridized carbons (Fsp3) is 0.500. The first kappa shape index (κ1) is 18.9. The zero-order valence-electron chi connectivity index (χ0n) is 16.1. The summed E-state index contributed by atoms with van der Waals surface area (Å²) in [5, 5.41) is 0. The lowest BCUT2D eigenvalue weighted by Crippen LogP contribution is -2.52. The molecule has 0 radical (unpaired) electrons. The summed E-state index contributed by atoms with van der Waals surface area (Å²) in [5.74, 6) is 0.683. The van der Waals surface area contributed by atoms with E-state index in [1.54, 1.807) is 18.5 Å². The molecule has 1 amide bonds. The third kappa shape index (κ3) is 4.02. The van der Waals surface area contributed by atoms with Gasteiger partial charge in [0.15, 0.2) is 0 Å². The fourth-order valence-corrected chi connectivity index (χ4v) is 4.26. The van der Waals surface area contributed by atoms with Crippen LogP contribution in [0.4, 0.5) is 0 Å². The lowest BCUT2D eigenvalue weighted by Gasteiger charge is -2.42. The number of ether oxygens (including phenoxy) is 2. The normalized spacial score (nSPS) is 19.9. The molecular weight excluding hydrogens is 354 g/mol. The van der Waals surface area contributed by atoms with Crippen LogP contribution >= 0.6 is 0 Å². The summed E-state index contributed by atoms with van der Waals surface area (Å²) >= 11 is 0. The third-order valence-electron chi connectivity index (χ3n) is 5.97. The maximum absolute atomic E-state index is 13.6. The van der Waals surface area contributed by atoms with Gasteiger partial charge < -0.3 is 14.4 Å². The molecule has 1 aromatic heterocycles. The van der Waals surface area contributed by atoms with Gasteiger partial charge in [0, 0.05) is 38.7 Å². The zero-order chi connectivity index (χ0) is 19.2. The van der Waals surface area contributed by atoms with Crippen LogP contribution in [0.15, 0.2) is 48.8 Å². The highest BCUT2D eigenvalue weighted by Crippen LogP contribution is 2.37. The number of hydrogen-bond donors (Lipinski definition) is 0. The monoisotopic (exact) mass is 381 g/mol. The number of likely N-dealkylation sites (tertiary alicyclic amines) is 1. The molecule has 2 aliphatic heterocycles. The van der Waals surface area contributed by atoms with E-state index >= 15 is 0 Å². The van der Waals surface area contributed by atoms with E-state index in [9.17, 15) is 4.79 Å². The molecule has 0 aliphatic carbocycles. The maximum atomic E-state index is 13.6. The van der Waals surface area contributed by atoms with Crippen molar-refractivity contribution in [3.05, 3.63) is 54.4 Å². The molecule has 2 saturated heterocycles. The molecule has 6 heteroatoms. The largest absolute Gasteiger partial charge is 0.463 e. The predicted molar refractivity (Wildman–Crippen MR) is 105 cm³/mol. The van der Waals surface area contributed by atoms with Crippen LogP contribution < -0.4 is 4.74 Å². The molecule has 0 bridgehead atoms. The van der Waals surface area contributed by atoms with E-state index in [0.717, 1.165) is 44.3 Å². The Balaban J connectivity index is 1.38. The van der Waals surface area contributed by atoms with Crippen LogP contribution in [0.2, 0.25) is 0 Å². The summed E-state index contributed by atoms with van der Waals surface area (Å²) in [7, 11) is 0. The van der Waals surface area contributed by atoms with Crippen molar-refractivity contribution in [2.24, 2.45) is 5.92 Å². The first-order valence-electron chi connectivity index (χ1n) is 10.1. The Bertz CT molecular complexity index is 755. The van der Waals surface area contributed by atoms with E-state index in [-0.39, 0.29) is 5.91 Å². The summed E-state index contributed by atoms with van der Waals surface area (Å²) in [6.45, 7) is 3.43. The van der Waals surface area contributed by atoms with E-state index in [1.807, 2.05) is 23.1 Å². The summed E-state index contributed by atoms with van der Waals surface area (Å²) < 4.78 is 11.3. The molecule has 6 nitrogen and oxygen atoms in total. The number of carbonyl (C=O) groups is 1. The molecule has 0 saturated carbocycles. The molecule has 0 N–H and O–H groups in total. The van der Waals surface area contributed by atoms with Crippen molar-refractivity contribution in [1.82, 2.24) is 14.9 Å². The minimum atomic E-state index is -0.444. The second-order valence-electron chi connectivity index (χ2n) is 7.64. The Morgan fingerprint density at radius 2 is 1.75 bits per heavy atom. The van der Waals surface area contributed by atoms with Crippen LogP contribution in [-0.2, 0) is 14.9 Å². The van der Waals surface area contributed by atoms with Gasteiger partial charge in [0.1, 0.15) is 0 Å². The van der Waals surface area contributed by atoms with Crippen LogP contribution in [0.1, 0.15) is 31.2 Å². The number of carbonyl (C=O) groups excluding carboxylic acids is 1. The van der Waals surface area contributed by atoms with E-state index in [1.165, 1.54) is 0 Å². The summed E-state index contributed by atoms with van der Waals surface area (Å²) in [5.41, 5.74) is 0.677. The molecule has 0 spiro atoms. The summed E-state index contributed by atoms with van der Waals surface area (Å²) in [6.07, 6.45) is 6.76. The summed E-state index contributed by atoms with van der Waals surface area (Å²) in [4.78, 5) is 23.8. The van der Waals surface area contributed by atoms with Crippen molar-refractivity contribution >= 4 is 5.91 Å². The van der Waals surface area contributed by atoms with Gasteiger partial charge in [0.25, 0.3) is 0 Å². The second-order valence-corrected chi connectivity index (χ2v) is 7.64. The molecule has 1 aromatic carbocycles. The molecule has 3 heterocycles. The van der Waals surface area contributed by atoms with Crippen molar-refractivity contribution in [2.75, 3.05) is 32.9 Å². The van der Waals surface area contributed by atoms with Crippen molar-refractivity contribution in [2.45, 2.75) is 31.1 Å². The molecule has 148 valence electrons. The number of aromatic nitrogens is 2. The number of rotatable bonds is 5. The smallest absolute Gasteiger partial charge is 0.316 e. The molecule has 0 unspecified atom stereocenters. The van der Waals surface area contributed by atoms with Gasteiger partial charge in [-0.05, 0) is 43.2 Å². The Labute approximate surface area is 165 Å². The fourth-order valence-electron chi connectivity index (χ4n) is 4.26. The van der Waals surface area contributed by atoms with Crippen LogP contribution in [0.5, 0.6) is 6.01 Å². The summed E-state index contributed by atoms with van der Waals surface area (Å²) in [6, 6.07) is 12.4. The van der Waals surface area contributed by atoms with Gasteiger partial charge in [-0.15, -0.1) is 0 Å². The first-order chi connectivity index (χ1) is 13.8. The number of amides is 1. The van der Waals surface area contributed by atoms with Gasteiger partial charge in [0.05, 0.1) is 12.0 Å². The number of piperidine rings is 1. The number of nitrogens with zero attached hydrogens (tertiary/aromatic N) is 3. The van der Waals surface area contributed by atoms with Crippen molar-refractivity contribution in [3.8, 4) is 6.01 Å². The quantitative estimate of drug-likeness (QED) is 0.797. The minimum absolute atomic E-state index is 0.257. The lowest BCUT2D eigenvalue weighted by atomic mass is 9.72. The molecule has 2 fully saturated rings. The van der Waals surface area contributed by atoms with Crippen LogP contribution in [-0.4, -0.2) is 53.7 Å². The Kier molecular flexibility index (Phi) is 5.86. The molecular formula is C22H27N3O3. The van der Waals surface area contributed by atoms with Crippen molar-refractivity contribution in [3.63, 3.8) is 0 Å². The molecule has 2 aliphatic rings. The average molecular weight is 381 g/mol. The van der Waals surface area contributed by atoms with Gasteiger partial charge in [-0.1, -0.05) is 30.3 Å². The van der Waals surface area contributed by atoms with Gasteiger partial charge in [-0.2, -0.15) is 0 Å². The Hall–Kier alpha value is -2.47. The third-order valence-corrected chi connectivity index (χ3v) is 5.97. The average Bonchev–Trinajstić information content (AvgIpc) is 2.79. The van der Waals surface area contributed by atoms with Crippen LogP contribution in [0, 0.1) is 5.92 Å². The van der Waals surface area contributed by atoms with E-state index < -0.39 is 5.41 Å². The van der Waals surface area contributed by atoms with E-state index in [4.69, 9.17) is 9.47 Å². The number of benzene rings is 1. The molecule has 28 heavy (non-hydrogen) atoms. The molecule has 0 atom stereocenters. The topological polar surface area (TPSA) is 64.6 Å².